The SMILES string of the molecule is O=C(c1ccccc1)C(Oc1ccc(C(C(=O)c2ccccc2)c2ccccc2)cc1)c1ccccc1. The van der Waals surface area contributed by atoms with Crippen molar-refractivity contribution in [3.05, 3.63) is 173 Å². The molecule has 3 heteroatoms. The number of Topliss-reactive ketones (excluding diaryl/α,β-unsaturated/α-hetero) is 2. The number of benzene rings is 5. The van der Waals surface area contributed by atoms with E-state index in [0.717, 1.165) is 16.7 Å². The van der Waals surface area contributed by atoms with Crippen molar-refractivity contribution >= 4 is 11.6 Å². The van der Waals surface area contributed by atoms with E-state index in [4.69, 9.17) is 4.74 Å². The van der Waals surface area contributed by atoms with Crippen LogP contribution in [0, 0.1) is 0 Å². The van der Waals surface area contributed by atoms with E-state index >= 15 is 0 Å². The second-order valence-electron chi connectivity index (χ2n) is 8.78. The molecule has 0 radical (unpaired) electrons. The van der Waals surface area contributed by atoms with Crippen LogP contribution in [0.4, 0.5) is 0 Å². The molecule has 180 valence electrons. The highest BCUT2D eigenvalue weighted by Crippen LogP contribution is 2.32. The van der Waals surface area contributed by atoms with Crippen LogP contribution >= 0.6 is 0 Å². The Hall–Kier alpha value is -4.76. The molecule has 0 amide bonds. The Morgan fingerprint density at radius 1 is 0.432 bits per heavy atom. The van der Waals surface area contributed by atoms with E-state index in [-0.39, 0.29) is 11.6 Å². The summed E-state index contributed by atoms with van der Waals surface area (Å²) in [5, 5.41) is 0. The van der Waals surface area contributed by atoms with Crippen LogP contribution in [0.15, 0.2) is 146 Å². The largest absolute Gasteiger partial charge is 0.478 e. The van der Waals surface area contributed by atoms with Gasteiger partial charge in [-0.05, 0) is 23.3 Å². The van der Waals surface area contributed by atoms with Gasteiger partial charge in [0.05, 0.1) is 5.92 Å². The first-order valence-electron chi connectivity index (χ1n) is 12.3. The number of hydrogen-bond donors (Lipinski definition) is 0. The van der Waals surface area contributed by atoms with E-state index in [9.17, 15) is 9.59 Å². The minimum Gasteiger partial charge on any atom is -0.478 e. The molecule has 0 saturated heterocycles. The molecule has 0 aliphatic carbocycles. The fraction of sp³-hybridized carbons (Fsp3) is 0.0588. The predicted molar refractivity (Wildman–Crippen MR) is 146 cm³/mol. The molecule has 3 nitrogen and oxygen atoms in total. The normalized spacial score (nSPS) is 12.3. The summed E-state index contributed by atoms with van der Waals surface area (Å²) in [6, 6.07) is 45.2. The molecule has 2 atom stereocenters. The fourth-order valence-corrected chi connectivity index (χ4v) is 4.44. The maximum Gasteiger partial charge on any atom is 0.207 e. The smallest absolute Gasteiger partial charge is 0.207 e. The molecule has 0 bridgehead atoms. The van der Waals surface area contributed by atoms with E-state index in [1.54, 1.807) is 12.1 Å². The van der Waals surface area contributed by atoms with Crippen molar-refractivity contribution in [1.29, 1.82) is 0 Å². The van der Waals surface area contributed by atoms with Gasteiger partial charge in [0.1, 0.15) is 5.75 Å². The van der Waals surface area contributed by atoms with Crippen molar-refractivity contribution in [3.63, 3.8) is 0 Å². The van der Waals surface area contributed by atoms with Crippen LogP contribution in [-0.2, 0) is 0 Å². The summed E-state index contributed by atoms with van der Waals surface area (Å²) in [6.45, 7) is 0. The average Bonchev–Trinajstić information content (AvgIpc) is 2.98. The lowest BCUT2D eigenvalue weighted by molar-refractivity contribution is 0.0792. The van der Waals surface area contributed by atoms with Gasteiger partial charge in [0.15, 0.2) is 11.9 Å². The van der Waals surface area contributed by atoms with Gasteiger partial charge >= 0.3 is 0 Å². The predicted octanol–water partition coefficient (Wildman–Crippen LogP) is 7.70. The summed E-state index contributed by atoms with van der Waals surface area (Å²) in [4.78, 5) is 27.0. The maximum atomic E-state index is 13.6. The van der Waals surface area contributed by atoms with Crippen LogP contribution in [0.3, 0.4) is 0 Å². The molecule has 5 aromatic carbocycles. The van der Waals surface area contributed by atoms with Crippen molar-refractivity contribution < 1.29 is 14.3 Å². The Bertz CT molecular complexity index is 1450. The Morgan fingerprint density at radius 3 is 1.35 bits per heavy atom. The molecule has 0 aliphatic rings. The van der Waals surface area contributed by atoms with Crippen molar-refractivity contribution in [2.24, 2.45) is 0 Å². The van der Waals surface area contributed by atoms with Crippen LogP contribution in [0.25, 0.3) is 0 Å². The van der Waals surface area contributed by atoms with Crippen molar-refractivity contribution in [1.82, 2.24) is 0 Å². The third-order valence-corrected chi connectivity index (χ3v) is 6.32. The summed E-state index contributed by atoms with van der Waals surface area (Å²) in [7, 11) is 0. The molecule has 0 spiro atoms. The molecule has 2 unspecified atom stereocenters. The quantitative estimate of drug-likeness (QED) is 0.202. The highest BCUT2D eigenvalue weighted by molar-refractivity contribution is 6.03. The minimum absolute atomic E-state index is 0.0295. The van der Waals surface area contributed by atoms with Crippen LogP contribution < -0.4 is 4.74 Å². The molecule has 0 heterocycles. The number of ketones is 2. The molecule has 37 heavy (non-hydrogen) atoms. The fourth-order valence-electron chi connectivity index (χ4n) is 4.44. The summed E-state index contributed by atoms with van der Waals surface area (Å²) in [6.07, 6.45) is -0.787. The zero-order chi connectivity index (χ0) is 25.5. The van der Waals surface area contributed by atoms with Gasteiger partial charge in [0.2, 0.25) is 5.78 Å². The van der Waals surface area contributed by atoms with Gasteiger partial charge in [-0.2, -0.15) is 0 Å². The monoisotopic (exact) mass is 482 g/mol. The van der Waals surface area contributed by atoms with Crippen molar-refractivity contribution in [2.45, 2.75) is 12.0 Å². The number of carbonyl (C=O) groups is 2. The Kier molecular flexibility index (Phi) is 7.33. The van der Waals surface area contributed by atoms with Gasteiger partial charge in [-0.15, -0.1) is 0 Å². The minimum atomic E-state index is -0.787. The van der Waals surface area contributed by atoms with Gasteiger partial charge in [-0.25, -0.2) is 0 Å². The summed E-state index contributed by atoms with van der Waals surface area (Å²) in [5.41, 5.74) is 3.81. The van der Waals surface area contributed by atoms with Crippen LogP contribution in [-0.4, -0.2) is 11.6 Å². The number of carbonyl (C=O) groups excluding carboxylic acids is 2. The number of hydrogen-bond acceptors (Lipinski definition) is 3. The van der Waals surface area contributed by atoms with E-state index in [1.807, 2.05) is 133 Å². The standard InChI is InChI=1S/C34H26O3/c35-32(27-15-7-2-8-16-27)31(25-13-5-1-6-14-25)26-21-23-30(24-22-26)37-34(29-19-11-4-12-20-29)33(36)28-17-9-3-10-18-28/h1-24,31,34H. The molecule has 0 N–H and O–H groups in total. The lowest BCUT2D eigenvalue weighted by Crippen LogP contribution is -2.19. The number of rotatable bonds is 9. The van der Waals surface area contributed by atoms with Gasteiger partial charge in [-0.3, -0.25) is 9.59 Å². The zero-order valence-electron chi connectivity index (χ0n) is 20.2. The van der Waals surface area contributed by atoms with E-state index in [2.05, 4.69) is 0 Å². The third kappa shape index (κ3) is 5.57. The number of ether oxygens (including phenoxy) is 1. The summed E-state index contributed by atoms with van der Waals surface area (Å²) < 4.78 is 6.27. The highest BCUT2D eigenvalue weighted by Gasteiger charge is 2.26. The second-order valence-corrected chi connectivity index (χ2v) is 8.78. The lowest BCUT2D eigenvalue weighted by Gasteiger charge is -2.20. The van der Waals surface area contributed by atoms with Gasteiger partial charge in [0, 0.05) is 16.7 Å². The summed E-state index contributed by atoms with van der Waals surface area (Å²) in [5.74, 6) is 0.0218. The molecular weight excluding hydrogens is 456 g/mol. The van der Waals surface area contributed by atoms with Crippen LogP contribution in [0.5, 0.6) is 5.75 Å². The molecule has 5 aromatic rings. The first-order valence-corrected chi connectivity index (χ1v) is 12.3. The lowest BCUT2D eigenvalue weighted by atomic mass is 9.85. The molecule has 0 aliphatic heterocycles. The summed E-state index contributed by atoms with van der Waals surface area (Å²) >= 11 is 0. The van der Waals surface area contributed by atoms with Gasteiger partial charge in [0.25, 0.3) is 0 Å². The van der Waals surface area contributed by atoms with Crippen molar-refractivity contribution in [3.8, 4) is 5.75 Å². The molecule has 0 aromatic heterocycles. The Morgan fingerprint density at radius 2 is 0.838 bits per heavy atom. The topological polar surface area (TPSA) is 43.4 Å². The Balaban J connectivity index is 1.46. The second kappa shape index (κ2) is 11.3. The van der Waals surface area contributed by atoms with Crippen LogP contribution in [0.1, 0.15) is 49.4 Å². The average molecular weight is 483 g/mol. The zero-order valence-corrected chi connectivity index (χ0v) is 20.2. The van der Waals surface area contributed by atoms with E-state index in [1.165, 1.54) is 0 Å². The van der Waals surface area contributed by atoms with Crippen molar-refractivity contribution in [2.75, 3.05) is 0 Å². The van der Waals surface area contributed by atoms with Gasteiger partial charge < -0.3 is 4.74 Å². The Labute approximate surface area is 217 Å². The molecule has 5 rings (SSSR count). The molecule has 0 saturated carbocycles. The molecular formula is C34H26O3. The molecule has 0 fully saturated rings. The third-order valence-electron chi connectivity index (χ3n) is 6.32. The van der Waals surface area contributed by atoms with E-state index in [0.29, 0.717) is 16.9 Å². The van der Waals surface area contributed by atoms with Crippen LogP contribution in [0.2, 0.25) is 0 Å². The van der Waals surface area contributed by atoms with Gasteiger partial charge in [-0.1, -0.05) is 133 Å². The highest BCUT2D eigenvalue weighted by atomic mass is 16.5. The maximum absolute atomic E-state index is 13.6. The van der Waals surface area contributed by atoms with E-state index < -0.39 is 12.0 Å². The first-order chi connectivity index (χ1) is 18.2. The first kappa shape index (κ1) is 24.0.